The minimum Gasteiger partial charge on any atom is -0.281 e. The first kappa shape index (κ1) is 11.6. The van der Waals surface area contributed by atoms with Gasteiger partial charge in [0.25, 0.3) is 0 Å². The van der Waals surface area contributed by atoms with Gasteiger partial charge in [-0.25, -0.2) is 9.97 Å². The molecule has 0 unspecified atom stereocenters. The molecule has 17 heavy (non-hydrogen) atoms. The summed E-state index contributed by atoms with van der Waals surface area (Å²) in [4.78, 5) is 21.9. The predicted molar refractivity (Wildman–Crippen MR) is 65.3 cm³/mol. The second kappa shape index (κ2) is 4.17. The lowest BCUT2D eigenvalue weighted by molar-refractivity contribution is -0.122. The van der Waals surface area contributed by atoms with Gasteiger partial charge in [-0.2, -0.15) is 0 Å². The molecule has 1 aliphatic heterocycles. The molecule has 4 heteroatoms. The summed E-state index contributed by atoms with van der Waals surface area (Å²) in [5.74, 6) is 2.93. The number of amides is 1. The monoisotopic (exact) mass is 229 g/mol. The van der Waals surface area contributed by atoms with Crippen molar-refractivity contribution in [3.63, 3.8) is 0 Å². The van der Waals surface area contributed by atoms with E-state index < -0.39 is 0 Å². The summed E-state index contributed by atoms with van der Waals surface area (Å²) in [6.07, 6.45) is 8.34. The van der Waals surface area contributed by atoms with Crippen LogP contribution in [0.1, 0.15) is 32.4 Å². The zero-order valence-corrected chi connectivity index (χ0v) is 10.1. The third-order valence-corrected chi connectivity index (χ3v) is 2.98. The highest BCUT2D eigenvalue weighted by atomic mass is 16.2. The Labute approximate surface area is 101 Å². The second-order valence-electron chi connectivity index (χ2n) is 5.02. The second-order valence-corrected chi connectivity index (χ2v) is 5.02. The number of piperidine rings is 1. The summed E-state index contributed by atoms with van der Waals surface area (Å²) in [7, 11) is 0. The Kier molecular flexibility index (Phi) is 2.84. The number of rotatable bonds is 1. The Morgan fingerprint density at radius 2 is 2.29 bits per heavy atom. The van der Waals surface area contributed by atoms with E-state index in [0.717, 1.165) is 6.42 Å². The molecule has 0 aromatic carbocycles. The number of hydrogen-bond acceptors (Lipinski definition) is 3. The average molecular weight is 229 g/mol. The van der Waals surface area contributed by atoms with Crippen LogP contribution in [0.25, 0.3) is 0 Å². The van der Waals surface area contributed by atoms with E-state index in [1.165, 1.54) is 0 Å². The smallest absolute Gasteiger partial charge is 0.233 e. The maximum atomic E-state index is 12.0. The van der Waals surface area contributed by atoms with E-state index in [1.807, 2.05) is 0 Å². The SMILES string of the molecule is C#Cc1ccnc(N2CCC(C)(C)CC2=O)n1. The van der Waals surface area contributed by atoms with Crippen LogP contribution in [-0.4, -0.2) is 22.4 Å². The molecule has 0 aliphatic carbocycles. The average Bonchev–Trinajstić information content (AvgIpc) is 2.28. The molecule has 1 aliphatic rings. The minimum absolute atomic E-state index is 0.0652. The Morgan fingerprint density at radius 3 is 2.94 bits per heavy atom. The van der Waals surface area contributed by atoms with E-state index in [9.17, 15) is 4.79 Å². The molecular weight excluding hydrogens is 214 g/mol. The van der Waals surface area contributed by atoms with E-state index in [-0.39, 0.29) is 11.3 Å². The first-order chi connectivity index (χ1) is 8.02. The van der Waals surface area contributed by atoms with Crippen molar-refractivity contribution in [2.45, 2.75) is 26.7 Å². The van der Waals surface area contributed by atoms with Crippen LogP contribution in [0.15, 0.2) is 12.3 Å². The number of aromatic nitrogens is 2. The van der Waals surface area contributed by atoms with Crippen LogP contribution in [0.5, 0.6) is 0 Å². The molecule has 0 N–H and O–H groups in total. The molecule has 4 nitrogen and oxygen atoms in total. The van der Waals surface area contributed by atoms with Crippen LogP contribution in [0.3, 0.4) is 0 Å². The highest BCUT2D eigenvalue weighted by Gasteiger charge is 2.33. The van der Waals surface area contributed by atoms with E-state index in [1.54, 1.807) is 17.2 Å². The van der Waals surface area contributed by atoms with Crippen molar-refractivity contribution in [1.82, 2.24) is 9.97 Å². The van der Waals surface area contributed by atoms with Crippen molar-refractivity contribution in [2.24, 2.45) is 5.41 Å². The van der Waals surface area contributed by atoms with Crippen molar-refractivity contribution in [2.75, 3.05) is 11.4 Å². The Bertz CT molecular complexity index is 488. The van der Waals surface area contributed by atoms with Gasteiger partial charge in [-0.15, -0.1) is 6.42 Å². The van der Waals surface area contributed by atoms with Gasteiger partial charge in [-0.1, -0.05) is 19.8 Å². The number of anilines is 1. The van der Waals surface area contributed by atoms with Gasteiger partial charge in [0.2, 0.25) is 11.9 Å². The summed E-state index contributed by atoms with van der Waals surface area (Å²) in [6, 6.07) is 1.65. The van der Waals surface area contributed by atoms with Crippen LogP contribution in [0.2, 0.25) is 0 Å². The van der Waals surface area contributed by atoms with Gasteiger partial charge in [0.1, 0.15) is 5.69 Å². The highest BCUT2D eigenvalue weighted by molar-refractivity contribution is 5.92. The minimum atomic E-state index is 0.0652. The Morgan fingerprint density at radius 1 is 1.53 bits per heavy atom. The molecule has 0 atom stereocenters. The Hall–Kier alpha value is -1.89. The Balaban J connectivity index is 2.24. The summed E-state index contributed by atoms with van der Waals surface area (Å²) in [6.45, 7) is 4.85. The summed E-state index contributed by atoms with van der Waals surface area (Å²) >= 11 is 0. The number of carbonyl (C=O) groups is 1. The van der Waals surface area contributed by atoms with Crippen molar-refractivity contribution >= 4 is 11.9 Å². The molecule has 1 aromatic heterocycles. The first-order valence-electron chi connectivity index (χ1n) is 5.62. The largest absolute Gasteiger partial charge is 0.281 e. The fraction of sp³-hybridized carbons (Fsp3) is 0.462. The third kappa shape index (κ3) is 2.44. The van der Waals surface area contributed by atoms with Gasteiger partial charge in [0.15, 0.2) is 0 Å². The summed E-state index contributed by atoms with van der Waals surface area (Å²) in [5.41, 5.74) is 0.574. The van der Waals surface area contributed by atoms with Crippen LogP contribution in [-0.2, 0) is 4.79 Å². The molecule has 0 spiro atoms. The molecule has 1 amide bonds. The molecule has 88 valence electrons. The quantitative estimate of drug-likeness (QED) is 0.687. The predicted octanol–water partition coefficient (Wildman–Crippen LogP) is 1.61. The molecule has 1 saturated heterocycles. The van der Waals surface area contributed by atoms with Crippen LogP contribution in [0, 0.1) is 17.8 Å². The maximum absolute atomic E-state index is 12.0. The number of terminal acetylenes is 1. The zero-order valence-electron chi connectivity index (χ0n) is 10.1. The van der Waals surface area contributed by atoms with Crippen molar-refractivity contribution < 1.29 is 4.79 Å². The van der Waals surface area contributed by atoms with Crippen LogP contribution in [0.4, 0.5) is 5.95 Å². The van der Waals surface area contributed by atoms with Gasteiger partial charge in [0, 0.05) is 19.2 Å². The lowest BCUT2D eigenvalue weighted by Crippen LogP contribution is -2.42. The molecule has 0 saturated carbocycles. The first-order valence-corrected chi connectivity index (χ1v) is 5.62. The lowest BCUT2D eigenvalue weighted by Gasteiger charge is -2.35. The molecule has 1 aromatic rings. The summed E-state index contributed by atoms with van der Waals surface area (Å²) < 4.78 is 0. The van der Waals surface area contributed by atoms with Gasteiger partial charge in [-0.05, 0) is 17.9 Å². The van der Waals surface area contributed by atoms with Gasteiger partial charge in [-0.3, -0.25) is 9.69 Å². The molecular formula is C13H15N3O. The highest BCUT2D eigenvalue weighted by Crippen LogP contribution is 2.31. The fourth-order valence-corrected chi connectivity index (χ4v) is 1.90. The van der Waals surface area contributed by atoms with E-state index in [0.29, 0.717) is 24.6 Å². The van der Waals surface area contributed by atoms with E-state index >= 15 is 0 Å². The van der Waals surface area contributed by atoms with Gasteiger partial charge >= 0.3 is 0 Å². The topological polar surface area (TPSA) is 46.1 Å². The number of hydrogen-bond donors (Lipinski definition) is 0. The normalized spacial score (nSPS) is 18.9. The third-order valence-electron chi connectivity index (χ3n) is 2.98. The van der Waals surface area contributed by atoms with Crippen molar-refractivity contribution in [1.29, 1.82) is 0 Å². The molecule has 2 heterocycles. The number of nitrogens with zero attached hydrogens (tertiary/aromatic N) is 3. The van der Waals surface area contributed by atoms with Crippen molar-refractivity contribution in [3.8, 4) is 12.3 Å². The van der Waals surface area contributed by atoms with Gasteiger partial charge < -0.3 is 0 Å². The number of carbonyl (C=O) groups excluding carboxylic acids is 1. The molecule has 2 rings (SSSR count). The van der Waals surface area contributed by atoms with E-state index in [2.05, 4.69) is 29.7 Å². The molecule has 1 fully saturated rings. The fourth-order valence-electron chi connectivity index (χ4n) is 1.90. The summed E-state index contributed by atoms with van der Waals surface area (Å²) in [5, 5.41) is 0. The zero-order chi connectivity index (χ0) is 12.5. The van der Waals surface area contributed by atoms with Crippen LogP contribution >= 0.6 is 0 Å². The molecule has 0 radical (unpaired) electrons. The lowest BCUT2D eigenvalue weighted by atomic mass is 9.82. The van der Waals surface area contributed by atoms with E-state index in [4.69, 9.17) is 6.42 Å². The van der Waals surface area contributed by atoms with Gasteiger partial charge in [0.05, 0.1) is 0 Å². The maximum Gasteiger partial charge on any atom is 0.233 e. The van der Waals surface area contributed by atoms with Crippen LogP contribution < -0.4 is 4.90 Å². The standard InChI is InChI=1S/C13H15N3O/c1-4-10-5-7-14-12(15-10)16-8-6-13(2,3)9-11(16)17/h1,5,7H,6,8-9H2,2-3H3. The van der Waals surface area contributed by atoms with Crippen molar-refractivity contribution in [3.05, 3.63) is 18.0 Å². The molecule has 0 bridgehead atoms.